The van der Waals surface area contributed by atoms with Gasteiger partial charge in [0.15, 0.2) is 0 Å². The summed E-state index contributed by atoms with van der Waals surface area (Å²) in [5, 5.41) is 12.4. The first kappa shape index (κ1) is 10.4. The Morgan fingerprint density at radius 3 is 2.47 bits per heavy atom. The van der Waals surface area contributed by atoms with Crippen LogP contribution in [0.5, 0.6) is 5.75 Å². The SMILES string of the molecule is O=c1oc2cc3ccccc3cc2c(O)c1Br. The monoisotopic (exact) mass is 290 g/mol. The second-order valence-corrected chi connectivity index (χ2v) is 4.54. The summed E-state index contributed by atoms with van der Waals surface area (Å²) in [6.45, 7) is 0. The Morgan fingerprint density at radius 1 is 1.12 bits per heavy atom. The molecule has 17 heavy (non-hydrogen) atoms. The van der Waals surface area contributed by atoms with Gasteiger partial charge in [-0.15, -0.1) is 0 Å². The van der Waals surface area contributed by atoms with Crippen molar-refractivity contribution >= 4 is 37.7 Å². The maximum Gasteiger partial charge on any atom is 0.354 e. The molecule has 0 bridgehead atoms. The molecular weight excluding hydrogens is 284 g/mol. The van der Waals surface area contributed by atoms with Crippen molar-refractivity contribution in [3.63, 3.8) is 0 Å². The van der Waals surface area contributed by atoms with Crippen LogP contribution in [-0.4, -0.2) is 5.11 Å². The fourth-order valence-electron chi connectivity index (χ4n) is 1.85. The summed E-state index contributed by atoms with van der Waals surface area (Å²) >= 11 is 3.01. The van der Waals surface area contributed by atoms with Crippen molar-refractivity contribution in [1.82, 2.24) is 0 Å². The zero-order valence-corrected chi connectivity index (χ0v) is 10.2. The van der Waals surface area contributed by atoms with E-state index in [1.165, 1.54) is 0 Å². The summed E-state index contributed by atoms with van der Waals surface area (Å²) < 4.78 is 5.17. The van der Waals surface area contributed by atoms with E-state index in [9.17, 15) is 9.90 Å². The number of hydrogen-bond donors (Lipinski definition) is 1. The first-order chi connectivity index (χ1) is 8.16. The summed E-state index contributed by atoms with van der Waals surface area (Å²) in [4.78, 5) is 11.4. The van der Waals surface area contributed by atoms with Crippen molar-refractivity contribution in [2.24, 2.45) is 0 Å². The molecule has 0 spiro atoms. The molecule has 0 fully saturated rings. The summed E-state index contributed by atoms with van der Waals surface area (Å²) in [7, 11) is 0. The van der Waals surface area contributed by atoms with Gasteiger partial charge in [0.05, 0.1) is 5.39 Å². The normalized spacial score (nSPS) is 11.1. The van der Waals surface area contributed by atoms with Crippen LogP contribution in [-0.2, 0) is 0 Å². The predicted molar refractivity (Wildman–Crippen MR) is 69.4 cm³/mol. The Morgan fingerprint density at radius 2 is 1.76 bits per heavy atom. The van der Waals surface area contributed by atoms with Gasteiger partial charge in [-0.2, -0.15) is 0 Å². The number of halogens is 1. The van der Waals surface area contributed by atoms with Crippen molar-refractivity contribution in [2.45, 2.75) is 0 Å². The molecule has 0 aliphatic heterocycles. The summed E-state index contributed by atoms with van der Waals surface area (Å²) in [6, 6.07) is 11.2. The van der Waals surface area contributed by atoms with Gasteiger partial charge < -0.3 is 9.52 Å². The summed E-state index contributed by atoms with van der Waals surface area (Å²) in [5.41, 5.74) is -0.195. The van der Waals surface area contributed by atoms with E-state index in [2.05, 4.69) is 15.9 Å². The molecule has 0 saturated heterocycles. The molecule has 0 unspecified atom stereocenters. The van der Waals surface area contributed by atoms with E-state index in [4.69, 9.17) is 4.42 Å². The highest BCUT2D eigenvalue weighted by molar-refractivity contribution is 9.10. The summed E-state index contributed by atoms with van der Waals surface area (Å²) in [5.74, 6) is -0.0815. The average molecular weight is 291 g/mol. The molecule has 84 valence electrons. The van der Waals surface area contributed by atoms with Gasteiger partial charge in [-0.25, -0.2) is 4.79 Å². The largest absolute Gasteiger partial charge is 0.506 e. The lowest BCUT2D eigenvalue weighted by atomic mass is 10.1. The minimum atomic E-state index is -0.578. The van der Waals surface area contributed by atoms with Crippen molar-refractivity contribution < 1.29 is 9.52 Å². The van der Waals surface area contributed by atoms with Crippen LogP contribution in [0.2, 0.25) is 0 Å². The number of aromatic hydroxyl groups is 1. The van der Waals surface area contributed by atoms with E-state index >= 15 is 0 Å². The van der Waals surface area contributed by atoms with Crippen molar-refractivity contribution in [3.05, 3.63) is 51.3 Å². The van der Waals surface area contributed by atoms with Crippen LogP contribution in [0, 0.1) is 0 Å². The van der Waals surface area contributed by atoms with Gasteiger partial charge in [-0.3, -0.25) is 0 Å². The molecule has 1 heterocycles. The topological polar surface area (TPSA) is 50.4 Å². The third kappa shape index (κ3) is 1.52. The van der Waals surface area contributed by atoms with E-state index in [1.807, 2.05) is 24.3 Å². The van der Waals surface area contributed by atoms with Crippen LogP contribution in [0.15, 0.2) is 50.1 Å². The third-order valence-electron chi connectivity index (χ3n) is 2.69. The first-order valence-corrected chi connectivity index (χ1v) is 5.80. The Labute approximate surface area is 104 Å². The molecule has 0 aliphatic carbocycles. The van der Waals surface area contributed by atoms with Gasteiger partial charge in [0.1, 0.15) is 15.8 Å². The maximum absolute atomic E-state index is 11.4. The fraction of sp³-hybridized carbons (Fsp3) is 0. The van der Waals surface area contributed by atoms with E-state index in [-0.39, 0.29) is 10.2 Å². The molecule has 0 amide bonds. The van der Waals surface area contributed by atoms with Crippen molar-refractivity contribution in [2.75, 3.05) is 0 Å². The molecule has 0 saturated carbocycles. The van der Waals surface area contributed by atoms with Crippen LogP contribution < -0.4 is 5.63 Å². The fourth-order valence-corrected chi connectivity index (χ4v) is 2.14. The number of benzene rings is 2. The molecule has 0 radical (unpaired) electrons. The average Bonchev–Trinajstić information content (AvgIpc) is 2.34. The summed E-state index contributed by atoms with van der Waals surface area (Å²) in [6.07, 6.45) is 0. The molecule has 3 aromatic rings. The van der Waals surface area contributed by atoms with Crippen LogP contribution in [0.3, 0.4) is 0 Å². The van der Waals surface area contributed by atoms with Gasteiger partial charge in [0, 0.05) is 0 Å². The molecular formula is C13H7BrO3. The molecule has 0 aliphatic rings. The molecule has 1 N–H and O–H groups in total. The third-order valence-corrected chi connectivity index (χ3v) is 3.39. The molecule has 2 aromatic carbocycles. The second kappa shape index (κ2) is 3.60. The lowest BCUT2D eigenvalue weighted by Gasteiger charge is -2.03. The van der Waals surface area contributed by atoms with Gasteiger partial charge in [-0.05, 0) is 38.8 Å². The molecule has 3 rings (SSSR count). The van der Waals surface area contributed by atoms with E-state index in [0.29, 0.717) is 11.0 Å². The number of fused-ring (bicyclic) bond motifs is 2. The standard InChI is InChI=1S/C13H7BrO3/c14-11-12(15)9-5-7-3-1-2-4-8(7)6-10(9)17-13(11)16/h1-6,15H. The molecule has 0 atom stereocenters. The zero-order chi connectivity index (χ0) is 12.0. The first-order valence-electron chi connectivity index (χ1n) is 5.01. The van der Waals surface area contributed by atoms with Crippen LogP contribution in [0.25, 0.3) is 21.7 Å². The Bertz CT molecular complexity index is 790. The smallest absolute Gasteiger partial charge is 0.354 e. The number of hydrogen-bond acceptors (Lipinski definition) is 3. The second-order valence-electron chi connectivity index (χ2n) is 3.75. The van der Waals surface area contributed by atoms with Gasteiger partial charge in [0.25, 0.3) is 0 Å². The van der Waals surface area contributed by atoms with Gasteiger partial charge >= 0.3 is 5.63 Å². The Hall–Kier alpha value is -1.81. The van der Waals surface area contributed by atoms with Crippen LogP contribution in [0.1, 0.15) is 0 Å². The van der Waals surface area contributed by atoms with Crippen molar-refractivity contribution in [1.29, 1.82) is 0 Å². The van der Waals surface area contributed by atoms with E-state index in [1.54, 1.807) is 12.1 Å². The lowest BCUT2D eigenvalue weighted by Crippen LogP contribution is -1.99. The maximum atomic E-state index is 11.4. The quantitative estimate of drug-likeness (QED) is 0.510. The van der Waals surface area contributed by atoms with Crippen molar-refractivity contribution in [3.8, 4) is 5.75 Å². The highest BCUT2D eigenvalue weighted by atomic mass is 79.9. The Kier molecular flexibility index (Phi) is 2.19. The van der Waals surface area contributed by atoms with E-state index in [0.717, 1.165) is 10.8 Å². The van der Waals surface area contributed by atoms with Gasteiger partial charge in [0.2, 0.25) is 0 Å². The minimum Gasteiger partial charge on any atom is -0.506 e. The predicted octanol–water partition coefficient (Wildman–Crippen LogP) is 3.41. The highest BCUT2D eigenvalue weighted by Crippen LogP contribution is 2.32. The van der Waals surface area contributed by atoms with Crippen LogP contribution in [0.4, 0.5) is 0 Å². The zero-order valence-electron chi connectivity index (χ0n) is 8.61. The number of rotatable bonds is 0. The van der Waals surface area contributed by atoms with Gasteiger partial charge in [-0.1, -0.05) is 24.3 Å². The van der Waals surface area contributed by atoms with Crippen LogP contribution >= 0.6 is 15.9 Å². The molecule has 4 heteroatoms. The molecule has 1 aromatic heterocycles. The Balaban J connectivity index is 2.57. The minimum absolute atomic E-state index is 0.0558. The molecule has 3 nitrogen and oxygen atoms in total. The highest BCUT2D eigenvalue weighted by Gasteiger charge is 2.11. The lowest BCUT2D eigenvalue weighted by molar-refractivity contribution is 0.463. The van der Waals surface area contributed by atoms with E-state index < -0.39 is 5.63 Å².